The van der Waals surface area contributed by atoms with Gasteiger partial charge in [-0.3, -0.25) is 28.8 Å². The summed E-state index contributed by atoms with van der Waals surface area (Å²) in [7, 11) is 2.34. The number of hydrogen-bond acceptors (Lipinski definition) is 11. The average Bonchev–Trinajstić information content (AvgIpc) is 3.97. The SMILES string of the molecule is CC[C@H](C)[C@H](NC(=O)OCc1ccccc1)C(=O)N[C@@H](CCC(=O)O)C(=O)N[C@H](C(=O)N(C)N(C(=O)O)C(=O)[C@H]1O[C@@H]1C(=O)N(C)Cc1ccccc1)[C@@H](C)O. The van der Waals surface area contributed by atoms with E-state index in [-0.39, 0.29) is 18.2 Å². The fourth-order valence-corrected chi connectivity index (χ4v) is 5.47. The second-order valence-electron chi connectivity index (χ2n) is 13.2. The standard InChI is InChI=1S/C37H48N6O13/c1-6-21(2)27(40-36(52)55-20-24-15-11-8-12-16-24)32(48)38-25(17-18-26(45)46)31(47)39-28(22(3)44)33(49)42(5)43(37(53)54)35(51)30-29(56-30)34(50)41(4)19-23-13-9-7-10-14-23/h7-16,21-22,25,27-30,44H,6,17-20H2,1-5H3,(H,38,48)(H,39,47)(H,40,52)(H,45,46)(H,53,54)/t21-,22+,25-,27-,28-,29-,30-/m0/s1. The van der Waals surface area contributed by atoms with Crippen LogP contribution in [0.1, 0.15) is 51.2 Å². The Bertz CT molecular complexity index is 1730. The van der Waals surface area contributed by atoms with E-state index in [2.05, 4.69) is 16.0 Å². The van der Waals surface area contributed by atoms with Crippen molar-refractivity contribution in [2.45, 2.75) is 89.6 Å². The summed E-state index contributed by atoms with van der Waals surface area (Å²) in [6.07, 6.45) is -8.25. The molecule has 6 N–H and O–H groups in total. The minimum absolute atomic E-state index is 0.0258. The summed E-state index contributed by atoms with van der Waals surface area (Å²) in [4.78, 5) is 105. The number of carboxylic acid groups (broad SMARTS) is 2. The maximum absolute atomic E-state index is 13.6. The van der Waals surface area contributed by atoms with Crippen molar-refractivity contribution in [3.63, 3.8) is 0 Å². The lowest BCUT2D eigenvalue weighted by atomic mass is 9.97. The van der Waals surface area contributed by atoms with Crippen molar-refractivity contribution in [3.8, 4) is 0 Å². The lowest BCUT2D eigenvalue weighted by Gasteiger charge is -2.32. The largest absolute Gasteiger partial charge is 0.481 e. The zero-order chi connectivity index (χ0) is 41.7. The Morgan fingerprint density at radius 1 is 0.786 bits per heavy atom. The molecule has 56 heavy (non-hydrogen) atoms. The van der Waals surface area contributed by atoms with Crippen LogP contribution in [0.2, 0.25) is 0 Å². The summed E-state index contributed by atoms with van der Waals surface area (Å²) in [6.45, 7) is 4.54. The van der Waals surface area contributed by atoms with Gasteiger partial charge in [-0.05, 0) is 30.4 Å². The minimum Gasteiger partial charge on any atom is -0.481 e. The van der Waals surface area contributed by atoms with Crippen LogP contribution in [0.25, 0.3) is 0 Å². The quantitative estimate of drug-likeness (QED) is 0.0906. The van der Waals surface area contributed by atoms with Crippen LogP contribution >= 0.6 is 0 Å². The average molecular weight is 785 g/mol. The van der Waals surface area contributed by atoms with E-state index in [0.29, 0.717) is 17.0 Å². The Kier molecular flexibility index (Phi) is 16.3. The van der Waals surface area contributed by atoms with E-state index in [0.717, 1.165) is 19.5 Å². The Morgan fingerprint density at radius 3 is 1.89 bits per heavy atom. The maximum Gasteiger partial charge on any atom is 0.433 e. The molecule has 304 valence electrons. The van der Waals surface area contributed by atoms with Gasteiger partial charge in [0.25, 0.3) is 17.7 Å². The molecule has 7 amide bonds. The molecular weight excluding hydrogens is 736 g/mol. The predicted molar refractivity (Wildman–Crippen MR) is 195 cm³/mol. The molecule has 1 fully saturated rings. The van der Waals surface area contributed by atoms with Gasteiger partial charge in [0.2, 0.25) is 11.8 Å². The van der Waals surface area contributed by atoms with Crippen LogP contribution in [-0.4, -0.2) is 128 Å². The van der Waals surface area contributed by atoms with E-state index in [4.69, 9.17) is 9.47 Å². The molecule has 0 radical (unpaired) electrons. The zero-order valence-corrected chi connectivity index (χ0v) is 31.6. The van der Waals surface area contributed by atoms with Crippen molar-refractivity contribution in [1.29, 1.82) is 0 Å². The number of epoxide rings is 1. The molecule has 19 nitrogen and oxygen atoms in total. The smallest absolute Gasteiger partial charge is 0.433 e. The topological polar surface area (TPSA) is 265 Å². The van der Waals surface area contributed by atoms with Crippen LogP contribution in [0.5, 0.6) is 0 Å². The summed E-state index contributed by atoms with van der Waals surface area (Å²) in [6, 6.07) is 12.8. The fraction of sp³-hybridized carbons (Fsp3) is 0.459. The number of alkyl carbamates (subject to hydrolysis) is 1. The second-order valence-corrected chi connectivity index (χ2v) is 13.2. The van der Waals surface area contributed by atoms with Crippen LogP contribution in [0.4, 0.5) is 9.59 Å². The van der Waals surface area contributed by atoms with Gasteiger partial charge >= 0.3 is 18.2 Å². The van der Waals surface area contributed by atoms with Gasteiger partial charge in [-0.1, -0.05) is 80.9 Å². The molecule has 0 aliphatic carbocycles. The molecule has 19 heteroatoms. The van der Waals surface area contributed by atoms with E-state index in [1.807, 2.05) is 0 Å². The van der Waals surface area contributed by atoms with Gasteiger partial charge in [0.15, 0.2) is 12.2 Å². The van der Waals surface area contributed by atoms with E-state index >= 15 is 0 Å². The summed E-state index contributed by atoms with van der Waals surface area (Å²) in [5.41, 5.74) is 1.47. The zero-order valence-electron chi connectivity index (χ0n) is 31.6. The number of aliphatic hydroxyl groups is 1. The highest BCUT2D eigenvalue weighted by molar-refractivity contribution is 6.02. The number of carbonyl (C=O) groups excluding carboxylic acids is 6. The molecule has 2 aromatic rings. The van der Waals surface area contributed by atoms with Crippen molar-refractivity contribution in [1.82, 2.24) is 30.9 Å². The van der Waals surface area contributed by atoms with Gasteiger partial charge in [-0.15, -0.1) is 5.01 Å². The molecule has 0 bridgehead atoms. The van der Waals surface area contributed by atoms with Gasteiger partial charge < -0.3 is 45.6 Å². The Morgan fingerprint density at radius 2 is 1.36 bits per heavy atom. The van der Waals surface area contributed by atoms with E-state index in [1.54, 1.807) is 74.5 Å². The number of aliphatic hydroxyl groups excluding tert-OH is 1. The highest BCUT2D eigenvalue weighted by atomic mass is 16.6. The summed E-state index contributed by atoms with van der Waals surface area (Å²) in [5, 5.41) is 37.1. The lowest BCUT2D eigenvalue weighted by Crippen LogP contribution is -2.62. The van der Waals surface area contributed by atoms with E-state index in [9.17, 15) is 53.7 Å². The Labute approximate surface area is 322 Å². The third-order valence-electron chi connectivity index (χ3n) is 8.93. The second kappa shape index (κ2) is 20.6. The van der Waals surface area contributed by atoms with Gasteiger partial charge in [0.1, 0.15) is 24.7 Å². The van der Waals surface area contributed by atoms with Gasteiger partial charge in [-0.2, -0.15) is 0 Å². The van der Waals surface area contributed by atoms with Gasteiger partial charge in [0.05, 0.1) is 6.10 Å². The van der Waals surface area contributed by atoms with E-state index in [1.165, 1.54) is 11.9 Å². The van der Waals surface area contributed by atoms with Crippen molar-refractivity contribution in [2.24, 2.45) is 5.92 Å². The first-order valence-electron chi connectivity index (χ1n) is 17.7. The van der Waals surface area contributed by atoms with Gasteiger partial charge in [-0.25, -0.2) is 14.6 Å². The summed E-state index contributed by atoms with van der Waals surface area (Å²) >= 11 is 0. The molecule has 0 saturated carbocycles. The van der Waals surface area contributed by atoms with Crippen LogP contribution < -0.4 is 16.0 Å². The molecule has 0 unspecified atom stereocenters. The maximum atomic E-state index is 13.6. The number of rotatable bonds is 18. The molecule has 1 saturated heterocycles. The van der Waals surface area contributed by atoms with Crippen molar-refractivity contribution < 1.29 is 63.1 Å². The molecule has 0 aromatic heterocycles. The fourth-order valence-electron chi connectivity index (χ4n) is 5.47. The van der Waals surface area contributed by atoms with Crippen LogP contribution in [0, 0.1) is 5.92 Å². The summed E-state index contributed by atoms with van der Waals surface area (Å²) < 4.78 is 10.5. The number of benzene rings is 2. The molecule has 1 heterocycles. The van der Waals surface area contributed by atoms with Crippen molar-refractivity contribution in [2.75, 3.05) is 14.1 Å². The first-order chi connectivity index (χ1) is 26.5. The number of ether oxygens (including phenoxy) is 2. The van der Waals surface area contributed by atoms with Crippen molar-refractivity contribution >= 4 is 47.7 Å². The molecule has 3 rings (SSSR count). The predicted octanol–water partition coefficient (Wildman–Crippen LogP) is 0.849. The number of imide groups is 1. The monoisotopic (exact) mass is 784 g/mol. The molecular formula is C37H48N6O13. The molecule has 0 spiro atoms. The number of likely N-dealkylation sites (N-methyl/N-ethyl adjacent to an activating group) is 2. The highest BCUT2D eigenvalue weighted by Crippen LogP contribution is 2.27. The third-order valence-corrected chi connectivity index (χ3v) is 8.93. The molecule has 1 aliphatic rings. The number of aliphatic carboxylic acids is 1. The first kappa shape index (κ1) is 44.3. The lowest BCUT2D eigenvalue weighted by molar-refractivity contribution is -0.160. The Balaban J connectivity index is 1.72. The van der Waals surface area contributed by atoms with Crippen LogP contribution in [0.15, 0.2) is 60.7 Å². The Hall–Kier alpha value is -6.08. The third kappa shape index (κ3) is 12.5. The number of nitrogens with one attached hydrogen (secondary N) is 3. The normalized spacial score (nSPS) is 17.0. The number of carboxylic acids is 1. The van der Waals surface area contributed by atoms with Crippen LogP contribution in [0.3, 0.4) is 0 Å². The molecule has 1 aliphatic heterocycles. The van der Waals surface area contributed by atoms with Crippen molar-refractivity contribution in [3.05, 3.63) is 71.8 Å². The minimum atomic E-state index is -1.95. The highest BCUT2D eigenvalue weighted by Gasteiger charge is 2.55. The molecule has 2 aromatic carbocycles. The van der Waals surface area contributed by atoms with Crippen LogP contribution in [-0.2, 0) is 51.4 Å². The number of hydrazine groups is 1. The number of nitrogens with zero attached hydrogens (tertiary/aromatic N) is 3. The van der Waals surface area contributed by atoms with E-state index < -0.39 is 103 Å². The number of amides is 7. The van der Waals surface area contributed by atoms with Gasteiger partial charge in [0, 0.05) is 27.1 Å². The molecule has 7 atom stereocenters. The first-order valence-corrected chi connectivity index (χ1v) is 17.7. The number of hydrogen-bond donors (Lipinski definition) is 6. The number of carbonyl (C=O) groups is 8. The summed E-state index contributed by atoms with van der Waals surface area (Å²) in [5.74, 6) is -7.09.